The van der Waals surface area contributed by atoms with Gasteiger partial charge in [0.05, 0.1) is 18.7 Å². The van der Waals surface area contributed by atoms with Gasteiger partial charge in [-0.2, -0.15) is 5.10 Å². The van der Waals surface area contributed by atoms with Crippen molar-refractivity contribution in [1.29, 1.82) is 0 Å². The number of carbonyl (C=O) groups is 1. The molecule has 0 radical (unpaired) electrons. The molecule has 0 aliphatic carbocycles. The highest BCUT2D eigenvalue weighted by molar-refractivity contribution is 5.83. The smallest absolute Gasteiger partial charge is 0.242 e. The zero-order valence-corrected chi connectivity index (χ0v) is 14.4. The number of carbonyl (C=O) groups excluding carboxylic acids is 1. The molecule has 1 saturated heterocycles. The molecule has 3 aromatic heterocycles. The lowest BCUT2D eigenvalue weighted by Gasteiger charge is -2.33. The van der Waals surface area contributed by atoms with Gasteiger partial charge in [0.1, 0.15) is 6.04 Å². The van der Waals surface area contributed by atoms with Crippen LogP contribution >= 0.6 is 0 Å². The Bertz CT molecular complexity index is 874. The van der Waals surface area contributed by atoms with Gasteiger partial charge in [-0.25, -0.2) is 4.52 Å². The number of pyridine rings is 2. The first kappa shape index (κ1) is 16.7. The van der Waals surface area contributed by atoms with Crippen molar-refractivity contribution < 1.29 is 9.53 Å². The van der Waals surface area contributed by atoms with Crippen LogP contribution in [0.25, 0.3) is 5.52 Å². The van der Waals surface area contributed by atoms with E-state index in [4.69, 9.17) is 4.74 Å². The molecule has 1 amide bonds. The monoisotopic (exact) mass is 351 g/mol. The van der Waals surface area contributed by atoms with Crippen LogP contribution in [-0.4, -0.2) is 51.7 Å². The van der Waals surface area contributed by atoms with Crippen LogP contribution in [0.15, 0.2) is 55.1 Å². The first-order valence-electron chi connectivity index (χ1n) is 8.73. The van der Waals surface area contributed by atoms with Crippen molar-refractivity contribution in [3.63, 3.8) is 0 Å². The molecular formula is C19H21N5O2. The van der Waals surface area contributed by atoms with E-state index < -0.39 is 0 Å². The van der Waals surface area contributed by atoms with Gasteiger partial charge in [0.2, 0.25) is 5.91 Å². The van der Waals surface area contributed by atoms with Gasteiger partial charge in [0, 0.05) is 44.4 Å². The summed E-state index contributed by atoms with van der Waals surface area (Å²) in [5, 5.41) is 7.32. The van der Waals surface area contributed by atoms with Crippen molar-refractivity contribution >= 4 is 11.4 Å². The Morgan fingerprint density at radius 1 is 1.19 bits per heavy atom. The molecule has 0 saturated carbocycles. The summed E-state index contributed by atoms with van der Waals surface area (Å²) in [5.41, 5.74) is 2.93. The van der Waals surface area contributed by atoms with Crippen LogP contribution in [0.5, 0.6) is 0 Å². The Hall–Kier alpha value is -2.77. The SMILES string of the molecule is O=C(NCc1cccn2nccc12)C(c1cccnc1)N1CCOCC1. The average molecular weight is 351 g/mol. The van der Waals surface area contributed by atoms with Crippen molar-refractivity contribution in [2.45, 2.75) is 12.6 Å². The molecule has 1 aliphatic rings. The summed E-state index contributed by atoms with van der Waals surface area (Å²) in [7, 11) is 0. The van der Waals surface area contributed by atoms with Crippen molar-refractivity contribution in [3.05, 3.63) is 66.2 Å². The first-order valence-corrected chi connectivity index (χ1v) is 8.73. The Balaban J connectivity index is 1.53. The van der Waals surface area contributed by atoms with E-state index in [0.717, 1.165) is 29.7 Å². The fraction of sp³-hybridized carbons (Fsp3) is 0.316. The second kappa shape index (κ2) is 7.63. The summed E-state index contributed by atoms with van der Waals surface area (Å²) >= 11 is 0. The summed E-state index contributed by atoms with van der Waals surface area (Å²) in [6.07, 6.45) is 7.13. The lowest BCUT2D eigenvalue weighted by atomic mass is 10.1. The summed E-state index contributed by atoms with van der Waals surface area (Å²) in [6.45, 7) is 3.19. The number of fused-ring (bicyclic) bond motifs is 1. The average Bonchev–Trinajstić information content (AvgIpc) is 3.18. The minimum absolute atomic E-state index is 0.0265. The molecule has 4 rings (SSSR count). The van der Waals surface area contributed by atoms with Crippen LogP contribution in [-0.2, 0) is 16.1 Å². The zero-order valence-electron chi connectivity index (χ0n) is 14.4. The van der Waals surface area contributed by atoms with Crippen molar-refractivity contribution in [1.82, 2.24) is 24.8 Å². The summed E-state index contributed by atoms with van der Waals surface area (Å²) in [4.78, 5) is 19.4. The van der Waals surface area contributed by atoms with Crippen LogP contribution in [0.4, 0.5) is 0 Å². The fourth-order valence-corrected chi connectivity index (χ4v) is 3.34. The van der Waals surface area contributed by atoms with Gasteiger partial charge in [-0.3, -0.25) is 14.7 Å². The number of hydrogen-bond acceptors (Lipinski definition) is 5. The number of nitrogens with zero attached hydrogens (tertiary/aromatic N) is 4. The number of hydrogen-bond donors (Lipinski definition) is 1. The molecule has 1 fully saturated rings. The predicted molar refractivity (Wildman–Crippen MR) is 96.4 cm³/mol. The van der Waals surface area contributed by atoms with E-state index in [1.54, 1.807) is 18.6 Å². The summed E-state index contributed by atoms with van der Waals surface area (Å²) < 4.78 is 7.24. The van der Waals surface area contributed by atoms with Gasteiger partial charge in [0.25, 0.3) is 0 Å². The molecule has 4 heterocycles. The summed E-state index contributed by atoms with van der Waals surface area (Å²) in [6, 6.07) is 9.33. The number of amides is 1. The van der Waals surface area contributed by atoms with E-state index in [1.807, 2.05) is 41.0 Å². The zero-order chi connectivity index (χ0) is 17.8. The quantitative estimate of drug-likeness (QED) is 0.753. The normalized spacial score (nSPS) is 16.5. The van der Waals surface area contributed by atoms with Crippen LogP contribution in [0.3, 0.4) is 0 Å². The third-order valence-electron chi connectivity index (χ3n) is 4.64. The molecule has 26 heavy (non-hydrogen) atoms. The van der Waals surface area contributed by atoms with Gasteiger partial charge in [0.15, 0.2) is 0 Å². The molecule has 0 aromatic carbocycles. The molecule has 0 spiro atoms. The minimum atomic E-state index is -0.364. The van der Waals surface area contributed by atoms with Gasteiger partial charge in [-0.05, 0) is 29.3 Å². The van der Waals surface area contributed by atoms with Crippen LogP contribution < -0.4 is 5.32 Å². The lowest BCUT2D eigenvalue weighted by molar-refractivity contribution is -0.128. The minimum Gasteiger partial charge on any atom is -0.379 e. The molecule has 1 aliphatic heterocycles. The van der Waals surface area contributed by atoms with E-state index in [-0.39, 0.29) is 11.9 Å². The lowest BCUT2D eigenvalue weighted by Crippen LogP contribution is -2.45. The third kappa shape index (κ3) is 3.44. The molecule has 7 heteroatoms. The largest absolute Gasteiger partial charge is 0.379 e. The maximum absolute atomic E-state index is 13.0. The van der Waals surface area contributed by atoms with Gasteiger partial charge >= 0.3 is 0 Å². The van der Waals surface area contributed by atoms with Crippen LogP contribution in [0.1, 0.15) is 17.2 Å². The fourth-order valence-electron chi connectivity index (χ4n) is 3.34. The van der Waals surface area contributed by atoms with E-state index in [1.165, 1.54) is 0 Å². The Morgan fingerprint density at radius 3 is 2.88 bits per heavy atom. The molecule has 1 atom stereocenters. The van der Waals surface area contributed by atoms with Crippen molar-refractivity contribution in [2.24, 2.45) is 0 Å². The van der Waals surface area contributed by atoms with E-state index in [9.17, 15) is 4.79 Å². The second-order valence-corrected chi connectivity index (χ2v) is 6.25. The number of morpholine rings is 1. The van der Waals surface area contributed by atoms with Gasteiger partial charge in [-0.1, -0.05) is 12.1 Å². The highest BCUT2D eigenvalue weighted by Gasteiger charge is 2.29. The van der Waals surface area contributed by atoms with E-state index in [2.05, 4.69) is 20.3 Å². The predicted octanol–water partition coefficient (Wildman–Crippen LogP) is 1.42. The number of nitrogens with one attached hydrogen (secondary N) is 1. The highest BCUT2D eigenvalue weighted by Crippen LogP contribution is 2.22. The van der Waals surface area contributed by atoms with Gasteiger partial charge < -0.3 is 10.1 Å². The topological polar surface area (TPSA) is 71.8 Å². The first-order chi connectivity index (χ1) is 12.8. The van der Waals surface area contributed by atoms with Crippen molar-refractivity contribution in [3.8, 4) is 0 Å². The van der Waals surface area contributed by atoms with Crippen LogP contribution in [0, 0.1) is 0 Å². The Kier molecular flexibility index (Phi) is 4.90. The standard InChI is InChI=1S/C19H21N5O2/c25-19(21-14-15-4-2-8-24-17(15)5-7-22-24)18(16-3-1-6-20-13-16)23-9-11-26-12-10-23/h1-8,13,18H,9-12,14H2,(H,21,25). The maximum Gasteiger partial charge on any atom is 0.242 e. The number of aromatic nitrogens is 3. The number of ether oxygens (including phenoxy) is 1. The Morgan fingerprint density at radius 2 is 2.08 bits per heavy atom. The summed E-state index contributed by atoms with van der Waals surface area (Å²) in [5.74, 6) is -0.0265. The van der Waals surface area contributed by atoms with E-state index >= 15 is 0 Å². The van der Waals surface area contributed by atoms with Crippen LogP contribution in [0.2, 0.25) is 0 Å². The molecule has 134 valence electrons. The second-order valence-electron chi connectivity index (χ2n) is 6.25. The van der Waals surface area contributed by atoms with Crippen molar-refractivity contribution in [2.75, 3.05) is 26.3 Å². The molecule has 7 nitrogen and oxygen atoms in total. The third-order valence-corrected chi connectivity index (χ3v) is 4.64. The molecule has 1 unspecified atom stereocenters. The molecular weight excluding hydrogens is 330 g/mol. The molecule has 0 bridgehead atoms. The Labute approximate surface area is 151 Å². The maximum atomic E-state index is 13.0. The molecule has 1 N–H and O–H groups in total. The van der Waals surface area contributed by atoms with Gasteiger partial charge in [-0.15, -0.1) is 0 Å². The van der Waals surface area contributed by atoms with E-state index in [0.29, 0.717) is 19.8 Å². The molecule has 3 aromatic rings. The highest BCUT2D eigenvalue weighted by atomic mass is 16.5. The number of rotatable bonds is 5.